The summed E-state index contributed by atoms with van der Waals surface area (Å²) in [5, 5.41) is 4.12. The van der Waals surface area contributed by atoms with Gasteiger partial charge in [-0.2, -0.15) is 4.98 Å². The van der Waals surface area contributed by atoms with Gasteiger partial charge in [-0.15, -0.1) is 0 Å². The van der Waals surface area contributed by atoms with Gasteiger partial charge in [0.15, 0.2) is 5.13 Å². The summed E-state index contributed by atoms with van der Waals surface area (Å²) in [5.74, 6) is 0.805. The molecule has 2 aliphatic carbocycles. The molecule has 3 aliphatic rings. The highest BCUT2D eigenvalue weighted by atomic mass is 32.1. The lowest BCUT2D eigenvalue weighted by Crippen LogP contribution is -2.48. The first kappa shape index (κ1) is 21.0. The maximum Gasteiger partial charge on any atom is 0.317 e. The van der Waals surface area contributed by atoms with Gasteiger partial charge in [-0.05, 0) is 74.7 Å². The van der Waals surface area contributed by atoms with Gasteiger partial charge in [-0.3, -0.25) is 4.90 Å². The standard InChI is InChI=1S/C25H30N6OS/c1-2-11-31(12-3-1)17-18-5-6-22(27-15-18)30-24-28-16-21(33-24)20-7-10-26-23(29-20)32-19-13-25(14-19)8-4-9-25/h5-7,10,15-16,19H,1-4,8-9,11-14,17H2,(H,27,28,30). The largest absolute Gasteiger partial charge is 0.460 e. The van der Waals surface area contributed by atoms with Crippen LogP contribution in [0.25, 0.3) is 10.6 Å². The quantitative estimate of drug-likeness (QED) is 0.501. The molecule has 3 aromatic rings. The Balaban J connectivity index is 1.06. The van der Waals surface area contributed by atoms with Gasteiger partial charge in [0, 0.05) is 25.1 Å². The first-order valence-corrected chi connectivity index (χ1v) is 13.0. The summed E-state index contributed by atoms with van der Waals surface area (Å²) < 4.78 is 6.04. The fourth-order valence-electron chi connectivity index (χ4n) is 5.29. The monoisotopic (exact) mass is 462 g/mol. The third-order valence-corrected chi connectivity index (χ3v) is 8.25. The average molecular weight is 463 g/mol. The Bertz CT molecular complexity index is 1080. The second-order valence-electron chi connectivity index (χ2n) is 9.77. The molecule has 0 atom stereocenters. The van der Waals surface area contributed by atoms with E-state index in [1.807, 2.05) is 24.5 Å². The highest BCUT2D eigenvalue weighted by molar-refractivity contribution is 7.18. The van der Waals surface area contributed by atoms with E-state index < -0.39 is 0 Å². The molecule has 172 valence electrons. The Labute approximate surface area is 198 Å². The predicted octanol–water partition coefficient (Wildman–Crippen LogP) is 5.44. The van der Waals surface area contributed by atoms with Crippen molar-refractivity contribution in [2.45, 2.75) is 64.0 Å². The smallest absolute Gasteiger partial charge is 0.317 e. The van der Waals surface area contributed by atoms with Crippen LogP contribution in [0.1, 0.15) is 56.9 Å². The summed E-state index contributed by atoms with van der Waals surface area (Å²) in [6.45, 7) is 3.37. The molecule has 8 heteroatoms. The lowest BCUT2D eigenvalue weighted by Gasteiger charge is -2.53. The first-order chi connectivity index (χ1) is 16.2. The molecule has 0 radical (unpaired) electrons. The van der Waals surface area contributed by atoms with Gasteiger partial charge in [0.05, 0.1) is 10.6 Å². The molecule has 0 aromatic carbocycles. The summed E-state index contributed by atoms with van der Waals surface area (Å²) >= 11 is 1.56. The number of nitrogens with one attached hydrogen (secondary N) is 1. The highest BCUT2D eigenvalue weighted by Crippen LogP contribution is 2.56. The number of hydrogen-bond donors (Lipinski definition) is 1. The van der Waals surface area contributed by atoms with Gasteiger partial charge in [-0.1, -0.05) is 30.2 Å². The molecule has 0 amide bonds. The number of likely N-dealkylation sites (tertiary alicyclic amines) is 1. The molecule has 7 nitrogen and oxygen atoms in total. The Hall–Kier alpha value is -2.58. The molecule has 0 bridgehead atoms. The van der Waals surface area contributed by atoms with Crippen LogP contribution in [0, 0.1) is 5.41 Å². The summed E-state index contributed by atoms with van der Waals surface area (Å²) in [7, 11) is 0. The van der Waals surface area contributed by atoms with Crippen molar-refractivity contribution in [2.24, 2.45) is 5.41 Å². The Morgan fingerprint density at radius 2 is 1.88 bits per heavy atom. The van der Waals surface area contributed by atoms with Crippen LogP contribution in [0.5, 0.6) is 6.01 Å². The van der Waals surface area contributed by atoms with Crippen LogP contribution in [0.3, 0.4) is 0 Å². The number of pyridine rings is 1. The van der Waals surface area contributed by atoms with Crippen molar-refractivity contribution in [3.63, 3.8) is 0 Å². The van der Waals surface area contributed by atoms with Crippen molar-refractivity contribution >= 4 is 22.3 Å². The van der Waals surface area contributed by atoms with Crippen molar-refractivity contribution in [3.8, 4) is 16.6 Å². The third-order valence-electron chi connectivity index (χ3n) is 7.31. The molecule has 1 aliphatic heterocycles. The Morgan fingerprint density at radius 1 is 1.00 bits per heavy atom. The molecule has 6 rings (SSSR count). The zero-order chi connectivity index (χ0) is 22.1. The summed E-state index contributed by atoms with van der Waals surface area (Å²) in [6.07, 6.45) is 16.2. The fraction of sp³-hybridized carbons (Fsp3) is 0.520. The maximum atomic E-state index is 6.04. The van der Waals surface area contributed by atoms with Crippen LogP contribution in [-0.4, -0.2) is 44.0 Å². The summed E-state index contributed by atoms with van der Waals surface area (Å²) in [6, 6.07) is 6.57. The van der Waals surface area contributed by atoms with E-state index >= 15 is 0 Å². The zero-order valence-corrected chi connectivity index (χ0v) is 19.7. The highest BCUT2D eigenvalue weighted by Gasteiger charge is 2.49. The van der Waals surface area contributed by atoms with E-state index in [-0.39, 0.29) is 6.10 Å². The summed E-state index contributed by atoms with van der Waals surface area (Å²) in [5.41, 5.74) is 2.68. The van der Waals surface area contributed by atoms with Crippen molar-refractivity contribution in [1.29, 1.82) is 0 Å². The predicted molar refractivity (Wildman–Crippen MR) is 130 cm³/mol. The van der Waals surface area contributed by atoms with E-state index in [1.54, 1.807) is 17.5 Å². The van der Waals surface area contributed by atoms with E-state index in [1.165, 1.54) is 57.2 Å². The first-order valence-electron chi connectivity index (χ1n) is 12.1. The Kier molecular flexibility index (Phi) is 5.72. The number of aromatic nitrogens is 4. The van der Waals surface area contributed by atoms with Crippen LogP contribution in [0.2, 0.25) is 0 Å². The van der Waals surface area contributed by atoms with Gasteiger partial charge in [0.2, 0.25) is 0 Å². The van der Waals surface area contributed by atoms with Crippen molar-refractivity contribution in [1.82, 2.24) is 24.8 Å². The van der Waals surface area contributed by atoms with Crippen molar-refractivity contribution in [2.75, 3.05) is 18.4 Å². The SMILES string of the molecule is c1cc(-c2cnc(Nc3ccc(CN4CCCCC4)cn3)s2)nc(OC2CC3(CCC3)C2)n1. The van der Waals surface area contributed by atoms with Crippen LogP contribution in [0.4, 0.5) is 10.9 Å². The number of hydrogen-bond acceptors (Lipinski definition) is 8. The maximum absolute atomic E-state index is 6.04. The Morgan fingerprint density at radius 3 is 2.64 bits per heavy atom. The topological polar surface area (TPSA) is 76.1 Å². The van der Waals surface area contributed by atoms with E-state index in [9.17, 15) is 0 Å². The number of thiazole rings is 1. The zero-order valence-electron chi connectivity index (χ0n) is 18.9. The molecule has 2 saturated carbocycles. The van der Waals surface area contributed by atoms with E-state index in [2.05, 4.69) is 36.2 Å². The van der Waals surface area contributed by atoms with Gasteiger partial charge < -0.3 is 10.1 Å². The summed E-state index contributed by atoms with van der Waals surface area (Å²) in [4.78, 5) is 21.6. The van der Waals surface area contributed by atoms with Gasteiger partial charge in [0.25, 0.3) is 0 Å². The van der Waals surface area contributed by atoms with Crippen LogP contribution >= 0.6 is 11.3 Å². The van der Waals surface area contributed by atoms with Crippen LogP contribution in [-0.2, 0) is 6.54 Å². The van der Waals surface area contributed by atoms with Crippen LogP contribution in [0.15, 0.2) is 36.8 Å². The minimum absolute atomic E-state index is 0.267. The van der Waals surface area contributed by atoms with Crippen LogP contribution < -0.4 is 10.1 Å². The molecule has 1 N–H and O–H groups in total. The van der Waals surface area contributed by atoms with Crippen molar-refractivity contribution in [3.05, 3.63) is 42.4 Å². The lowest BCUT2D eigenvalue weighted by atomic mass is 9.55. The van der Waals surface area contributed by atoms with Gasteiger partial charge in [-0.25, -0.2) is 15.0 Å². The number of piperidine rings is 1. The third kappa shape index (κ3) is 4.73. The molecule has 4 heterocycles. The second-order valence-corrected chi connectivity index (χ2v) is 10.8. The molecule has 3 fully saturated rings. The number of anilines is 2. The van der Waals surface area contributed by atoms with Crippen molar-refractivity contribution < 1.29 is 4.74 Å². The van der Waals surface area contributed by atoms with E-state index in [0.717, 1.165) is 40.9 Å². The number of nitrogens with zero attached hydrogens (tertiary/aromatic N) is 5. The fourth-order valence-corrected chi connectivity index (χ4v) is 6.08. The van der Waals surface area contributed by atoms with E-state index in [0.29, 0.717) is 11.4 Å². The molecule has 0 unspecified atom stereocenters. The molecule has 33 heavy (non-hydrogen) atoms. The minimum atomic E-state index is 0.267. The second kappa shape index (κ2) is 8.99. The average Bonchev–Trinajstić information content (AvgIpc) is 3.25. The van der Waals surface area contributed by atoms with Gasteiger partial charge >= 0.3 is 6.01 Å². The van der Waals surface area contributed by atoms with Gasteiger partial charge in [0.1, 0.15) is 11.9 Å². The molecular weight excluding hydrogens is 432 g/mol. The van der Waals surface area contributed by atoms with E-state index in [4.69, 9.17) is 4.74 Å². The molecular formula is C25H30N6OS. The molecule has 3 aromatic heterocycles. The number of rotatable bonds is 7. The minimum Gasteiger partial charge on any atom is -0.460 e. The molecule has 1 saturated heterocycles. The lowest BCUT2D eigenvalue weighted by molar-refractivity contribution is -0.0713. The molecule has 1 spiro atoms. The normalized spacial score (nSPS) is 20.2. The number of ether oxygens (including phenoxy) is 1.